The monoisotopic (exact) mass is 414 g/mol. The second-order valence-electron chi connectivity index (χ2n) is 9.88. The zero-order valence-corrected chi connectivity index (χ0v) is 19.0. The van der Waals surface area contributed by atoms with Crippen LogP contribution in [0.25, 0.3) is 0 Å². The van der Waals surface area contributed by atoms with Gasteiger partial charge in [-0.05, 0) is 88.6 Å². The molecule has 4 rings (SSSR count). The van der Waals surface area contributed by atoms with Crippen LogP contribution in [0.3, 0.4) is 0 Å². The molecule has 0 radical (unpaired) electrons. The molecular formula is C26H42N2O2. The minimum Gasteiger partial charge on any atom is -0.494 e. The molecule has 0 aromatic heterocycles. The first kappa shape index (κ1) is 22.1. The summed E-state index contributed by atoms with van der Waals surface area (Å²) in [5, 5.41) is 3.93. The number of nitrogens with one attached hydrogen (secondary N) is 1. The number of hydrogen-bond donors (Lipinski definition) is 1. The van der Waals surface area contributed by atoms with Gasteiger partial charge in [-0.2, -0.15) is 0 Å². The topological polar surface area (TPSA) is 33.7 Å². The largest absolute Gasteiger partial charge is 0.494 e. The maximum Gasteiger partial charge on any atom is 0.119 e. The highest BCUT2D eigenvalue weighted by Gasteiger charge is 2.35. The Morgan fingerprint density at radius 1 is 1.07 bits per heavy atom. The van der Waals surface area contributed by atoms with Crippen molar-refractivity contribution in [3.05, 3.63) is 29.8 Å². The van der Waals surface area contributed by atoms with Gasteiger partial charge in [0.05, 0.1) is 6.61 Å². The summed E-state index contributed by atoms with van der Waals surface area (Å²) in [5.74, 6) is 1.87. The summed E-state index contributed by atoms with van der Waals surface area (Å²) in [6.45, 7) is 9.72. The molecule has 0 bridgehead atoms. The quantitative estimate of drug-likeness (QED) is 0.559. The van der Waals surface area contributed by atoms with E-state index in [0.29, 0.717) is 6.04 Å². The highest BCUT2D eigenvalue weighted by molar-refractivity contribution is 5.33. The van der Waals surface area contributed by atoms with Crippen molar-refractivity contribution in [2.75, 3.05) is 46.0 Å². The molecule has 0 spiro atoms. The molecule has 30 heavy (non-hydrogen) atoms. The molecule has 4 heteroatoms. The number of ether oxygens (including phenoxy) is 2. The van der Waals surface area contributed by atoms with E-state index < -0.39 is 0 Å². The lowest BCUT2D eigenvalue weighted by Gasteiger charge is -2.39. The van der Waals surface area contributed by atoms with Gasteiger partial charge in [-0.1, -0.05) is 25.0 Å². The van der Waals surface area contributed by atoms with E-state index in [1.807, 2.05) is 0 Å². The van der Waals surface area contributed by atoms with Crippen LogP contribution < -0.4 is 10.1 Å². The van der Waals surface area contributed by atoms with Gasteiger partial charge in [-0.25, -0.2) is 0 Å². The maximum absolute atomic E-state index is 6.04. The summed E-state index contributed by atoms with van der Waals surface area (Å²) in [5.41, 5.74) is 1.64. The van der Waals surface area contributed by atoms with Crippen LogP contribution in [-0.4, -0.2) is 56.9 Å². The third-order valence-electron chi connectivity index (χ3n) is 7.87. The fourth-order valence-electron chi connectivity index (χ4n) is 5.70. The number of benzene rings is 1. The molecule has 1 saturated carbocycles. The van der Waals surface area contributed by atoms with Crippen molar-refractivity contribution in [2.45, 2.75) is 76.2 Å². The third-order valence-corrected chi connectivity index (χ3v) is 7.87. The molecule has 1 aliphatic carbocycles. The van der Waals surface area contributed by atoms with Crippen LogP contribution in [0.5, 0.6) is 5.75 Å². The maximum atomic E-state index is 6.04. The van der Waals surface area contributed by atoms with Crippen molar-refractivity contribution in [3.8, 4) is 5.75 Å². The second kappa shape index (κ2) is 11.0. The van der Waals surface area contributed by atoms with Gasteiger partial charge in [0.25, 0.3) is 0 Å². The molecule has 2 heterocycles. The van der Waals surface area contributed by atoms with Crippen LogP contribution in [0, 0.1) is 5.92 Å². The van der Waals surface area contributed by atoms with E-state index in [1.54, 1.807) is 0 Å². The van der Waals surface area contributed by atoms with Gasteiger partial charge in [-0.15, -0.1) is 0 Å². The van der Waals surface area contributed by atoms with Crippen LogP contribution in [0.1, 0.15) is 70.3 Å². The van der Waals surface area contributed by atoms with E-state index in [1.165, 1.54) is 63.7 Å². The summed E-state index contributed by atoms with van der Waals surface area (Å²) in [6, 6.07) is 9.60. The minimum atomic E-state index is 0.194. The van der Waals surface area contributed by atoms with Crippen molar-refractivity contribution in [2.24, 2.45) is 5.92 Å². The average Bonchev–Trinajstić information content (AvgIpc) is 3.51. The van der Waals surface area contributed by atoms with Crippen LogP contribution in [0.15, 0.2) is 24.3 Å². The van der Waals surface area contributed by atoms with Crippen LogP contribution >= 0.6 is 0 Å². The molecule has 0 amide bonds. The minimum absolute atomic E-state index is 0.194. The molecule has 168 valence electrons. The van der Waals surface area contributed by atoms with Gasteiger partial charge in [-0.3, -0.25) is 0 Å². The highest BCUT2D eigenvalue weighted by atomic mass is 16.5. The molecule has 1 N–H and O–H groups in total. The Bertz CT molecular complexity index is 614. The average molecular weight is 415 g/mol. The van der Waals surface area contributed by atoms with E-state index in [-0.39, 0.29) is 5.41 Å². The fourth-order valence-corrected chi connectivity index (χ4v) is 5.70. The van der Waals surface area contributed by atoms with E-state index in [2.05, 4.69) is 41.4 Å². The van der Waals surface area contributed by atoms with Crippen LogP contribution in [0.2, 0.25) is 0 Å². The zero-order chi connectivity index (χ0) is 20.7. The molecule has 1 aromatic rings. The molecule has 3 fully saturated rings. The van der Waals surface area contributed by atoms with E-state index in [0.717, 1.165) is 57.3 Å². The Balaban J connectivity index is 1.30. The number of rotatable bonds is 10. The SMILES string of the molecule is CC(NCC1(c2ccc(OCCCN3CCCC3)cc2)CCOCC1)C1CCCC1. The lowest BCUT2D eigenvalue weighted by molar-refractivity contribution is 0.0483. The Morgan fingerprint density at radius 3 is 2.47 bits per heavy atom. The standard InChI is InChI=1S/C26H42N2O2/c1-22(23-7-2-3-8-23)27-21-26(13-19-29-20-14-26)24-9-11-25(12-10-24)30-18-6-17-28-15-4-5-16-28/h9-12,22-23,27H,2-8,13-21H2,1H3. The predicted octanol–water partition coefficient (Wildman–Crippen LogP) is 4.77. The van der Waals surface area contributed by atoms with Crippen LogP contribution in [-0.2, 0) is 10.2 Å². The first-order valence-electron chi connectivity index (χ1n) is 12.5. The van der Waals surface area contributed by atoms with E-state index in [9.17, 15) is 0 Å². The van der Waals surface area contributed by atoms with Gasteiger partial charge < -0.3 is 19.7 Å². The zero-order valence-electron chi connectivity index (χ0n) is 19.0. The second-order valence-corrected chi connectivity index (χ2v) is 9.88. The summed E-state index contributed by atoms with van der Waals surface area (Å²) >= 11 is 0. The Hall–Kier alpha value is -1.10. The van der Waals surface area contributed by atoms with Gasteiger partial charge >= 0.3 is 0 Å². The summed E-state index contributed by atoms with van der Waals surface area (Å²) in [4.78, 5) is 2.56. The molecule has 2 saturated heterocycles. The molecular weight excluding hydrogens is 372 g/mol. The predicted molar refractivity (Wildman–Crippen MR) is 123 cm³/mol. The van der Waals surface area contributed by atoms with Crippen molar-refractivity contribution in [3.63, 3.8) is 0 Å². The Kier molecular flexibility index (Phi) is 8.08. The molecule has 1 unspecified atom stereocenters. The summed E-state index contributed by atoms with van der Waals surface area (Å²) in [6.07, 6.45) is 11.7. The van der Waals surface area contributed by atoms with Gasteiger partial charge in [0.1, 0.15) is 5.75 Å². The first-order valence-corrected chi connectivity index (χ1v) is 12.5. The lowest BCUT2D eigenvalue weighted by atomic mass is 9.74. The van der Waals surface area contributed by atoms with Gasteiger partial charge in [0.15, 0.2) is 0 Å². The van der Waals surface area contributed by atoms with Crippen molar-refractivity contribution >= 4 is 0 Å². The Labute approximate surface area is 183 Å². The normalized spacial score (nSPS) is 23.6. The third kappa shape index (κ3) is 5.77. The van der Waals surface area contributed by atoms with Crippen LogP contribution in [0.4, 0.5) is 0 Å². The molecule has 4 nitrogen and oxygen atoms in total. The van der Waals surface area contributed by atoms with Gasteiger partial charge in [0.2, 0.25) is 0 Å². The molecule has 2 aliphatic heterocycles. The number of hydrogen-bond acceptors (Lipinski definition) is 4. The molecule has 1 atom stereocenters. The summed E-state index contributed by atoms with van der Waals surface area (Å²) in [7, 11) is 0. The van der Waals surface area contributed by atoms with Crippen molar-refractivity contribution < 1.29 is 9.47 Å². The van der Waals surface area contributed by atoms with Crippen molar-refractivity contribution in [1.29, 1.82) is 0 Å². The smallest absolute Gasteiger partial charge is 0.119 e. The number of likely N-dealkylation sites (tertiary alicyclic amines) is 1. The first-order chi connectivity index (χ1) is 14.8. The highest BCUT2D eigenvalue weighted by Crippen LogP contribution is 2.36. The number of nitrogens with zero attached hydrogens (tertiary/aromatic N) is 1. The van der Waals surface area contributed by atoms with E-state index in [4.69, 9.17) is 9.47 Å². The fraction of sp³-hybridized carbons (Fsp3) is 0.769. The molecule has 3 aliphatic rings. The van der Waals surface area contributed by atoms with E-state index >= 15 is 0 Å². The Morgan fingerprint density at radius 2 is 1.77 bits per heavy atom. The summed E-state index contributed by atoms with van der Waals surface area (Å²) < 4.78 is 11.8. The van der Waals surface area contributed by atoms with Crippen molar-refractivity contribution in [1.82, 2.24) is 10.2 Å². The lowest BCUT2D eigenvalue weighted by Crippen LogP contribution is -2.46. The van der Waals surface area contributed by atoms with Gasteiger partial charge in [0, 0.05) is 37.8 Å². The molecule has 1 aromatic carbocycles.